The molecule has 0 unspecified atom stereocenters. The Hall–Kier alpha value is -3.70. The summed E-state index contributed by atoms with van der Waals surface area (Å²) in [5, 5.41) is 17.1. The molecule has 1 saturated heterocycles. The Bertz CT molecular complexity index is 1260. The number of para-hydroxylation sites is 1. The zero-order valence-corrected chi connectivity index (χ0v) is 16.1. The summed E-state index contributed by atoms with van der Waals surface area (Å²) < 4.78 is 42.3. The first kappa shape index (κ1) is 19.3. The molecule has 160 valence electrons. The average molecular weight is 430 g/mol. The predicted molar refractivity (Wildman–Crippen MR) is 105 cm³/mol. The molecule has 3 N–H and O–H groups in total. The molecular weight excluding hydrogens is 413 g/mol. The lowest BCUT2D eigenvalue weighted by Crippen LogP contribution is -2.38. The normalized spacial score (nSPS) is 17.6. The Labute approximate surface area is 173 Å². The summed E-state index contributed by atoms with van der Waals surface area (Å²) in [7, 11) is 0. The maximum atomic E-state index is 13.7. The second-order valence-corrected chi connectivity index (χ2v) is 7.25. The van der Waals surface area contributed by atoms with E-state index in [1.807, 2.05) is 0 Å². The van der Waals surface area contributed by atoms with Crippen molar-refractivity contribution in [3.05, 3.63) is 36.0 Å². The molecule has 1 aromatic carbocycles. The van der Waals surface area contributed by atoms with Crippen LogP contribution in [0.25, 0.3) is 28.1 Å². The van der Waals surface area contributed by atoms with E-state index in [-0.39, 0.29) is 34.2 Å². The van der Waals surface area contributed by atoms with Crippen molar-refractivity contribution in [1.82, 2.24) is 35.1 Å². The fourth-order valence-corrected chi connectivity index (χ4v) is 3.68. The van der Waals surface area contributed by atoms with Crippen molar-refractivity contribution < 1.29 is 18.0 Å². The van der Waals surface area contributed by atoms with E-state index in [0.717, 1.165) is 18.9 Å². The van der Waals surface area contributed by atoms with Gasteiger partial charge in [0.15, 0.2) is 5.65 Å². The number of aromatic nitrogens is 6. The minimum atomic E-state index is -4.60. The van der Waals surface area contributed by atoms with Crippen molar-refractivity contribution in [2.45, 2.75) is 31.5 Å². The number of nitrogens with zero attached hydrogens (tertiary/aromatic N) is 5. The average Bonchev–Trinajstić information content (AvgIpc) is 3.37. The van der Waals surface area contributed by atoms with Crippen LogP contribution in [0.5, 0.6) is 0 Å². The number of aromatic amines is 1. The SMILES string of the molecule is O=C1NCCCC[C@H]1Nc1nc2c(C(F)(F)F)cccc2c2nc(-c3cc[nH]n3)nn12. The van der Waals surface area contributed by atoms with Crippen molar-refractivity contribution >= 4 is 28.4 Å². The van der Waals surface area contributed by atoms with Crippen LogP contribution in [-0.2, 0) is 11.0 Å². The fraction of sp³-hybridized carbons (Fsp3) is 0.316. The lowest BCUT2D eigenvalue weighted by atomic mass is 10.1. The molecular formula is C19H17F3N8O. The number of hydrogen-bond donors (Lipinski definition) is 3. The molecule has 1 amide bonds. The molecule has 0 saturated carbocycles. The van der Waals surface area contributed by atoms with Gasteiger partial charge in [-0.15, -0.1) is 5.10 Å². The van der Waals surface area contributed by atoms with Gasteiger partial charge in [-0.1, -0.05) is 6.07 Å². The molecule has 1 fully saturated rings. The zero-order chi connectivity index (χ0) is 21.6. The van der Waals surface area contributed by atoms with Crippen molar-refractivity contribution in [2.75, 3.05) is 11.9 Å². The van der Waals surface area contributed by atoms with Gasteiger partial charge >= 0.3 is 6.18 Å². The molecule has 9 nitrogen and oxygen atoms in total. The van der Waals surface area contributed by atoms with Gasteiger partial charge in [0, 0.05) is 18.1 Å². The van der Waals surface area contributed by atoms with Crippen LogP contribution in [-0.4, -0.2) is 48.3 Å². The number of amides is 1. The van der Waals surface area contributed by atoms with Gasteiger partial charge < -0.3 is 10.6 Å². The fourth-order valence-electron chi connectivity index (χ4n) is 3.68. The van der Waals surface area contributed by atoms with E-state index in [1.54, 1.807) is 12.3 Å². The molecule has 1 atom stereocenters. The van der Waals surface area contributed by atoms with Gasteiger partial charge in [-0.2, -0.15) is 22.8 Å². The first-order chi connectivity index (χ1) is 14.9. The lowest BCUT2D eigenvalue weighted by molar-refractivity contribution is -0.136. The van der Waals surface area contributed by atoms with Crippen LogP contribution >= 0.6 is 0 Å². The van der Waals surface area contributed by atoms with Crippen molar-refractivity contribution in [3.8, 4) is 11.5 Å². The highest BCUT2D eigenvalue weighted by Crippen LogP contribution is 2.36. The maximum Gasteiger partial charge on any atom is 0.418 e. The number of rotatable bonds is 3. The van der Waals surface area contributed by atoms with E-state index in [9.17, 15) is 18.0 Å². The number of anilines is 1. The smallest absolute Gasteiger partial charge is 0.354 e. The van der Waals surface area contributed by atoms with Gasteiger partial charge in [-0.3, -0.25) is 9.89 Å². The Morgan fingerprint density at radius 1 is 1.16 bits per heavy atom. The molecule has 1 aliphatic heterocycles. The second-order valence-electron chi connectivity index (χ2n) is 7.25. The van der Waals surface area contributed by atoms with Crippen molar-refractivity contribution in [1.29, 1.82) is 0 Å². The standard InChI is InChI=1S/C19H17F3N8O/c20-19(21,22)11-5-3-4-10-14(11)26-18(25-13-6-1-2-8-23-17(13)31)30-16(10)27-15(29-30)12-7-9-24-28-12/h3-5,7,9,13H,1-2,6,8H2,(H,23,31)(H,24,28)(H,25,26)/t13-/m1/s1. The van der Waals surface area contributed by atoms with Gasteiger partial charge in [-0.05, 0) is 37.5 Å². The topological polar surface area (TPSA) is 113 Å². The summed E-state index contributed by atoms with van der Waals surface area (Å²) in [6.07, 6.45) is -0.873. The van der Waals surface area contributed by atoms with E-state index in [2.05, 4.69) is 35.9 Å². The number of fused-ring (bicyclic) bond motifs is 3. The second kappa shape index (κ2) is 7.22. The van der Waals surface area contributed by atoms with Crippen LogP contribution in [0.15, 0.2) is 30.5 Å². The number of benzene rings is 1. The van der Waals surface area contributed by atoms with E-state index in [4.69, 9.17) is 0 Å². The highest BCUT2D eigenvalue weighted by molar-refractivity contribution is 5.95. The van der Waals surface area contributed by atoms with Gasteiger partial charge in [0.1, 0.15) is 11.7 Å². The molecule has 5 rings (SSSR count). The Morgan fingerprint density at radius 2 is 2.03 bits per heavy atom. The summed E-state index contributed by atoms with van der Waals surface area (Å²) in [5.41, 5.74) is -0.530. The van der Waals surface area contributed by atoms with Gasteiger partial charge in [-0.25, -0.2) is 9.97 Å². The minimum Gasteiger partial charge on any atom is -0.354 e. The number of halogens is 3. The summed E-state index contributed by atoms with van der Waals surface area (Å²) >= 11 is 0. The number of H-pyrrole nitrogens is 1. The zero-order valence-electron chi connectivity index (χ0n) is 16.1. The van der Waals surface area contributed by atoms with E-state index >= 15 is 0 Å². The molecule has 3 aromatic heterocycles. The molecule has 0 aliphatic carbocycles. The van der Waals surface area contributed by atoms with Crippen LogP contribution in [0.4, 0.5) is 19.1 Å². The number of hydrogen-bond acceptors (Lipinski definition) is 6. The maximum absolute atomic E-state index is 13.7. The van der Waals surface area contributed by atoms with E-state index in [0.29, 0.717) is 18.7 Å². The van der Waals surface area contributed by atoms with E-state index < -0.39 is 17.8 Å². The predicted octanol–water partition coefficient (Wildman–Crippen LogP) is 2.77. The third-order valence-corrected chi connectivity index (χ3v) is 5.18. The van der Waals surface area contributed by atoms with Gasteiger partial charge in [0.25, 0.3) is 0 Å². The number of nitrogens with one attached hydrogen (secondary N) is 3. The first-order valence-corrected chi connectivity index (χ1v) is 9.73. The summed E-state index contributed by atoms with van der Waals surface area (Å²) in [6.45, 7) is 0.558. The molecule has 4 heterocycles. The minimum absolute atomic E-state index is 0.00976. The summed E-state index contributed by atoms with van der Waals surface area (Å²) in [5.74, 6) is 0.00107. The highest BCUT2D eigenvalue weighted by Gasteiger charge is 2.34. The summed E-state index contributed by atoms with van der Waals surface area (Å²) in [6, 6.07) is 4.79. The molecule has 1 aliphatic rings. The van der Waals surface area contributed by atoms with Crippen LogP contribution in [0.2, 0.25) is 0 Å². The van der Waals surface area contributed by atoms with Crippen LogP contribution < -0.4 is 10.6 Å². The summed E-state index contributed by atoms with van der Waals surface area (Å²) in [4.78, 5) is 21.1. The number of alkyl halides is 3. The Kier molecular flexibility index (Phi) is 4.49. The molecule has 12 heteroatoms. The third kappa shape index (κ3) is 3.43. The number of carbonyl (C=O) groups is 1. The number of carbonyl (C=O) groups excluding carboxylic acids is 1. The largest absolute Gasteiger partial charge is 0.418 e. The van der Waals surface area contributed by atoms with Crippen LogP contribution in [0.1, 0.15) is 24.8 Å². The van der Waals surface area contributed by atoms with Crippen LogP contribution in [0, 0.1) is 0 Å². The van der Waals surface area contributed by atoms with Gasteiger partial charge in [0.05, 0.1) is 11.1 Å². The molecule has 0 spiro atoms. The monoisotopic (exact) mass is 430 g/mol. The lowest BCUT2D eigenvalue weighted by Gasteiger charge is -2.17. The molecule has 0 radical (unpaired) electrons. The van der Waals surface area contributed by atoms with Crippen molar-refractivity contribution in [3.63, 3.8) is 0 Å². The molecule has 0 bridgehead atoms. The molecule has 4 aromatic rings. The van der Waals surface area contributed by atoms with E-state index in [1.165, 1.54) is 16.6 Å². The van der Waals surface area contributed by atoms with Gasteiger partial charge in [0.2, 0.25) is 17.7 Å². The molecule has 31 heavy (non-hydrogen) atoms. The quantitative estimate of drug-likeness (QED) is 0.461. The van der Waals surface area contributed by atoms with Crippen molar-refractivity contribution in [2.24, 2.45) is 0 Å². The third-order valence-electron chi connectivity index (χ3n) is 5.18. The first-order valence-electron chi connectivity index (χ1n) is 9.73. The Morgan fingerprint density at radius 3 is 2.81 bits per heavy atom. The highest BCUT2D eigenvalue weighted by atomic mass is 19.4. The Balaban J connectivity index is 1.74. The van der Waals surface area contributed by atoms with Crippen LogP contribution in [0.3, 0.4) is 0 Å².